The second-order valence-corrected chi connectivity index (χ2v) is 8.91. The molecule has 0 spiro atoms. The molecule has 0 fully saturated rings. The number of ether oxygens (including phenoxy) is 2. The number of hydrogen-bond donors (Lipinski definition) is 2. The molecule has 3 N–H and O–H groups in total. The van der Waals surface area contributed by atoms with Gasteiger partial charge in [0, 0.05) is 44.1 Å². The number of aryl methyl sites for hydroxylation is 2. The third-order valence-electron chi connectivity index (χ3n) is 6.21. The summed E-state index contributed by atoms with van der Waals surface area (Å²) in [5.41, 5.74) is 8.84. The van der Waals surface area contributed by atoms with E-state index in [1.807, 2.05) is 37.3 Å². The highest BCUT2D eigenvalue weighted by molar-refractivity contribution is 5.93. The second-order valence-electron chi connectivity index (χ2n) is 8.91. The Hall–Kier alpha value is -4.67. The van der Waals surface area contributed by atoms with Gasteiger partial charge in [0.25, 0.3) is 5.91 Å². The predicted molar refractivity (Wildman–Crippen MR) is 143 cm³/mol. The Morgan fingerprint density at radius 3 is 2.76 bits per heavy atom. The zero-order valence-electron chi connectivity index (χ0n) is 21.5. The minimum Gasteiger partial charge on any atom is -0.493 e. The van der Waals surface area contributed by atoms with Crippen molar-refractivity contribution in [2.75, 3.05) is 23.9 Å². The number of aliphatic imine (C=N–C) groups is 1. The topological polar surface area (TPSA) is 141 Å². The van der Waals surface area contributed by atoms with Crippen LogP contribution < -0.4 is 25.4 Å². The van der Waals surface area contributed by atoms with Crippen LogP contribution in [-0.4, -0.2) is 53.7 Å². The summed E-state index contributed by atoms with van der Waals surface area (Å²) in [4.78, 5) is 45.7. The average molecular weight is 519 g/mol. The van der Waals surface area contributed by atoms with Gasteiger partial charge in [-0.25, -0.2) is 4.98 Å². The Bertz CT molecular complexity index is 1380. The van der Waals surface area contributed by atoms with Crippen molar-refractivity contribution in [1.82, 2.24) is 9.55 Å². The smallest absolute Gasteiger partial charge is 0.284 e. The molecule has 2 aromatic carbocycles. The van der Waals surface area contributed by atoms with Crippen LogP contribution in [0.15, 0.2) is 47.6 Å². The van der Waals surface area contributed by atoms with Crippen molar-refractivity contribution in [1.29, 1.82) is 0 Å². The zero-order valence-corrected chi connectivity index (χ0v) is 21.5. The second kappa shape index (κ2) is 11.6. The Morgan fingerprint density at radius 1 is 1.26 bits per heavy atom. The van der Waals surface area contributed by atoms with Crippen molar-refractivity contribution in [2.45, 2.75) is 32.2 Å². The van der Waals surface area contributed by atoms with Gasteiger partial charge in [0.1, 0.15) is 0 Å². The van der Waals surface area contributed by atoms with Gasteiger partial charge in [-0.2, -0.15) is 0 Å². The lowest BCUT2D eigenvalue weighted by molar-refractivity contribution is -0.116. The third-order valence-corrected chi connectivity index (χ3v) is 6.21. The molecular weight excluding hydrogens is 488 g/mol. The van der Waals surface area contributed by atoms with Gasteiger partial charge >= 0.3 is 0 Å². The summed E-state index contributed by atoms with van der Waals surface area (Å²) in [6.45, 7) is 2.19. The Balaban J connectivity index is 1.36. The van der Waals surface area contributed by atoms with Crippen molar-refractivity contribution < 1.29 is 23.9 Å². The molecule has 0 aliphatic carbocycles. The number of methoxy groups -OCH3 is 1. The standard InChI is InChI=1S/C27H30N6O5/c1-17-11-22(37-3)23(38-10-6-9-25(35)30-24-15-32(2)27(31-24)26(28)36)13-20(17)29-14-19-12-18-7-4-5-8-21(18)33(19)16-34/h4-5,7-8,11,13-16,19H,6,9-10,12H2,1-3H3,(H2,28,36)(H,30,35). The summed E-state index contributed by atoms with van der Waals surface area (Å²) in [5.74, 6) is 0.440. The lowest BCUT2D eigenvalue weighted by Crippen LogP contribution is -2.31. The molecule has 0 saturated heterocycles. The largest absolute Gasteiger partial charge is 0.493 e. The maximum Gasteiger partial charge on any atom is 0.284 e. The van der Waals surface area contributed by atoms with Gasteiger partial charge in [-0.3, -0.25) is 19.4 Å². The number of benzene rings is 2. The number of anilines is 2. The molecule has 1 unspecified atom stereocenters. The normalized spacial score (nSPS) is 14.4. The zero-order chi connectivity index (χ0) is 27.2. The van der Waals surface area contributed by atoms with Gasteiger partial charge in [0.05, 0.1) is 25.4 Å². The Kier molecular flexibility index (Phi) is 8.05. The van der Waals surface area contributed by atoms with Gasteiger partial charge in [-0.1, -0.05) is 18.2 Å². The SMILES string of the molecule is COc1cc(C)c(N=CC2Cc3ccccc3N2C=O)cc1OCCCC(=O)Nc1cn(C)c(C(N)=O)n1. The van der Waals surface area contributed by atoms with E-state index in [1.54, 1.807) is 31.3 Å². The van der Waals surface area contributed by atoms with Crippen LogP contribution in [0.2, 0.25) is 0 Å². The van der Waals surface area contributed by atoms with Crippen LogP contribution in [0.5, 0.6) is 11.5 Å². The van der Waals surface area contributed by atoms with Crippen molar-refractivity contribution in [3.05, 3.63) is 59.5 Å². The van der Waals surface area contributed by atoms with Gasteiger partial charge < -0.3 is 30.0 Å². The number of rotatable bonds is 11. The number of nitrogens with two attached hydrogens (primary N) is 1. The molecule has 38 heavy (non-hydrogen) atoms. The summed E-state index contributed by atoms with van der Waals surface area (Å²) < 4.78 is 12.8. The number of primary amides is 1. The average Bonchev–Trinajstić information content (AvgIpc) is 3.45. The number of carbonyl (C=O) groups excluding carboxylic acids is 3. The fourth-order valence-corrected chi connectivity index (χ4v) is 4.30. The van der Waals surface area contributed by atoms with Gasteiger partial charge in [-0.15, -0.1) is 0 Å². The molecule has 198 valence electrons. The van der Waals surface area contributed by atoms with Crippen LogP contribution in [0.4, 0.5) is 17.2 Å². The first-order chi connectivity index (χ1) is 18.3. The first kappa shape index (κ1) is 26.4. The molecule has 1 aliphatic rings. The molecule has 11 heteroatoms. The third kappa shape index (κ3) is 5.83. The molecular formula is C27H30N6O5. The van der Waals surface area contributed by atoms with Crippen molar-refractivity contribution in [3.63, 3.8) is 0 Å². The van der Waals surface area contributed by atoms with E-state index in [9.17, 15) is 14.4 Å². The number of carbonyl (C=O) groups is 3. The minimum absolute atomic E-state index is 0.0601. The predicted octanol–water partition coefficient (Wildman–Crippen LogP) is 2.92. The lowest BCUT2D eigenvalue weighted by Gasteiger charge is -2.17. The molecule has 1 aliphatic heterocycles. The monoisotopic (exact) mass is 518 g/mol. The van der Waals surface area contributed by atoms with Gasteiger partial charge in [-0.05, 0) is 36.6 Å². The fourth-order valence-electron chi connectivity index (χ4n) is 4.30. The number of amides is 3. The Morgan fingerprint density at radius 2 is 2.05 bits per heavy atom. The number of para-hydroxylation sites is 1. The molecule has 1 atom stereocenters. The van der Waals surface area contributed by atoms with E-state index >= 15 is 0 Å². The van der Waals surface area contributed by atoms with E-state index in [0.717, 1.165) is 23.2 Å². The highest BCUT2D eigenvalue weighted by Crippen LogP contribution is 2.35. The van der Waals surface area contributed by atoms with Crippen LogP contribution >= 0.6 is 0 Å². The maximum atomic E-state index is 12.3. The Labute approximate surface area is 220 Å². The number of nitrogens with one attached hydrogen (secondary N) is 1. The van der Waals surface area contributed by atoms with Crippen molar-refractivity contribution in [3.8, 4) is 11.5 Å². The van der Waals surface area contributed by atoms with E-state index in [-0.39, 0.29) is 36.6 Å². The van der Waals surface area contributed by atoms with E-state index in [0.29, 0.717) is 30.0 Å². The molecule has 11 nitrogen and oxygen atoms in total. The molecule has 0 radical (unpaired) electrons. The van der Waals surface area contributed by atoms with Crippen molar-refractivity contribution in [2.24, 2.45) is 17.8 Å². The number of fused-ring (bicyclic) bond motifs is 1. The number of hydrogen-bond acceptors (Lipinski definition) is 7. The molecule has 3 aromatic rings. The molecule has 3 amide bonds. The van der Waals surface area contributed by atoms with Crippen LogP contribution in [0.1, 0.15) is 34.6 Å². The number of imidazole rings is 1. The fraction of sp³-hybridized carbons (Fsp3) is 0.296. The summed E-state index contributed by atoms with van der Waals surface area (Å²) in [6, 6.07) is 11.3. The summed E-state index contributed by atoms with van der Waals surface area (Å²) in [6.07, 6.45) is 5.45. The molecule has 1 aromatic heterocycles. The van der Waals surface area contributed by atoms with Gasteiger partial charge in [0.2, 0.25) is 18.1 Å². The molecule has 2 heterocycles. The first-order valence-corrected chi connectivity index (χ1v) is 12.1. The van der Waals surface area contributed by atoms with Crippen molar-refractivity contribution >= 4 is 41.6 Å². The van der Waals surface area contributed by atoms with Crippen LogP contribution in [0.25, 0.3) is 0 Å². The van der Waals surface area contributed by atoms with Crippen LogP contribution in [0, 0.1) is 6.92 Å². The number of aromatic nitrogens is 2. The van der Waals surface area contributed by atoms with E-state index in [2.05, 4.69) is 15.3 Å². The van der Waals surface area contributed by atoms with Crippen LogP contribution in [-0.2, 0) is 23.1 Å². The van der Waals surface area contributed by atoms with Gasteiger partial charge in [0.15, 0.2) is 17.3 Å². The molecule has 0 bridgehead atoms. The highest BCUT2D eigenvalue weighted by Gasteiger charge is 2.27. The molecule has 0 saturated carbocycles. The molecule has 4 rings (SSSR count). The number of nitrogens with zero attached hydrogens (tertiary/aromatic N) is 4. The van der Waals surface area contributed by atoms with E-state index in [1.165, 1.54) is 10.8 Å². The van der Waals surface area contributed by atoms with E-state index < -0.39 is 5.91 Å². The van der Waals surface area contributed by atoms with Crippen LogP contribution in [0.3, 0.4) is 0 Å². The maximum absolute atomic E-state index is 12.3. The summed E-state index contributed by atoms with van der Waals surface area (Å²) in [7, 11) is 3.18. The first-order valence-electron chi connectivity index (χ1n) is 12.1. The highest BCUT2D eigenvalue weighted by atomic mass is 16.5. The summed E-state index contributed by atoms with van der Waals surface area (Å²) in [5, 5.41) is 2.65. The van der Waals surface area contributed by atoms with E-state index in [4.69, 9.17) is 15.2 Å². The quantitative estimate of drug-likeness (QED) is 0.227. The lowest BCUT2D eigenvalue weighted by atomic mass is 10.1. The minimum atomic E-state index is -0.674. The summed E-state index contributed by atoms with van der Waals surface area (Å²) >= 11 is 0.